The summed E-state index contributed by atoms with van der Waals surface area (Å²) in [6.45, 7) is 0.193. The molecule has 1 aliphatic heterocycles. The quantitative estimate of drug-likeness (QED) is 0.925. The van der Waals surface area contributed by atoms with Crippen molar-refractivity contribution in [1.82, 2.24) is 4.90 Å². The number of carbonyl (C=O) groups excluding carboxylic acids is 1. The van der Waals surface area contributed by atoms with E-state index in [1.165, 1.54) is 37.4 Å². The number of ether oxygens (including phenoxy) is 1. The van der Waals surface area contributed by atoms with Crippen LogP contribution >= 0.6 is 0 Å². The Morgan fingerprint density at radius 1 is 1.20 bits per heavy atom. The van der Waals surface area contributed by atoms with E-state index in [1.807, 2.05) is 0 Å². The molecule has 0 spiro atoms. The monoisotopic (exact) mass is 347 g/mol. The van der Waals surface area contributed by atoms with Crippen molar-refractivity contribution in [2.45, 2.75) is 25.0 Å². The third-order valence-electron chi connectivity index (χ3n) is 4.44. The molecule has 0 unspecified atom stereocenters. The zero-order valence-electron chi connectivity index (χ0n) is 13.8. The Hall–Kier alpha value is -2.47. The predicted molar refractivity (Wildman–Crippen MR) is 88.1 cm³/mol. The van der Waals surface area contributed by atoms with E-state index >= 15 is 0 Å². The van der Waals surface area contributed by atoms with Gasteiger partial charge < -0.3 is 14.7 Å². The van der Waals surface area contributed by atoms with Crippen molar-refractivity contribution in [1.29, 1.82) is 0 Å². The number of methoxy groups -OCH3 is 1. The number of aliphatic hydroxyl groups is 1. The van der Waals surface area contributed by atoms with Gasteiger partial charge in [-0.25, -0.2) is 8.78 Å². The molecule has 0 saturated carbocycles. The van der Waals surface area contributed by atoms with Gasteiger partial charge in [-0.2, -0.15) is 0 Å². The number of halogens is 2. The van der Waals surface area contributed by atoms with Crippen molar-refractivity contribution in [3.63, 3.8) is 0 Å². The highest BCUT2D eigenvalue weighted by atomic mass is 19.1. The van der Waals surface area contributed by atoms with Gasteiger partial charge in [-0.05, 0) is 42.3 Å². The molecule has 6 heteroatoms. The van der Waals surface area contributed by atoms with Gasteiger partial charge in [0.1, 0.15) is 17.4 Å². The van der Waals surface area contributed by atoms with Crippen LogP contribution in [0.3, 0.4) is 0 Å². The van der Waals surface area contributed by atoms with Crippen molar-refractivity contribution in [2.75, 3.05) is 13.7 Å². The van der Waals surface area contributed by atoms with Crippen LogP contribution in [-0.4, -0.2) is 35.7 Å². The maximum Gasteiger partial charge on any atom is 0.227 e. The maximum absolute atomic E-state index is 13.5. The van der Waals surface area contributed by atoms with Gasteiger partial charge in [0.05, 0.1) is 25.7 Å². The standard InChI is InChI=1S/C19H19F2NO3/c1-25-18-7-6-15(21)8-13(18)9-19(24)22-11-16(23)10-17(22)12-2-4-14(20)5-3-12/h2-8,16-17,23H,9-11H2,1H3/t16-,17+/m1/s1. The number of benzene rings is 2. The van der Waals surface area contributed by atoms with Crippen molar-refractivity contribution in [2.24, 2.45) is 0 Å². The van der Waals surface area contributed by atoms with Crippen molar-refractivity contribution in [3.8, 4) is 5.75 Å². The SMILES string of the molecule is COc1ccc(F)cc1CC(=O)N1C[C@H](O)C[C@H]1c1ccc(F)cc1. The first-order valence-corrected chi connectivity index (χ1v) is 8.03. The zero-order valence-corrected chi connectivity index (χ0v) is 13.8. The molecule has 132 valence electrons. The van der Waals surface area contributed by atoms with E-state index in [0.29, 0.717) is 17.7 Å². The second-order valence-electron chi connectivity index (χ2n) is 6.14. The smallest absolute Gasteiger partial charge is 0.227 e. The highest BCUT2D eigenvalue weighted by Gasteiger charge is 2.35. The molecule has 3 rings (SSSR count). The Labute approximate surface area is 144 Å². The zero-order chi connectivity index (χ0) is 18.0. The average molecular weight is 347 g/mol. The predicted octanol–water partition coefficient (Wildman–Crippen LogP) is 2.85. The minimum atomic E-state index is -0.645. The molecule has 1 N–H and O–H groups in total. The van der Waals surface area contributed by atoms with Crippen LogP contribution in [0, 0.1) is 11.6 Å². The molecular formula is C19H19F2NO3. The second kappa shape index (κ2) is 7.19. The third kappa shape index (κ3) is 3.79. The molecular weight excluding hydrogens is 328 g/mol. The normalized spacial score (nSPS) is 19.9. The summed E-state index contributed by atoms with van der Waals surface area (Å²) in [6.07, 6.45) is -0.295. The molecule has 1 amide bonds. The number of rotatable bonds is 4. The highest BCUT2D eigenvalue weighted by molar-refractivity contribution is 5.80. The summed E-state index contributed by atoms with van der Waals surface area (Å²) in [7, 11) is 1.46. The Kier molecular flexibility index (Phi) is 4.99. The van der Waals surface area contributed by atoms with Crippen LogP contribution < -0.4 is 4.74 Å². The summed E-state index contributed by atoms with van der Waals surface area (Å²) in [6, 6.07) is 9.58. The number of β-amino-alcohol motifs (C(OH)–C–C–N with tert-alkyl or cyclic N) is 1. The highest BCUT2D eigenvalue weighted by Crippen LogP contribution is 2.33. The van der Waals surface area contributed by atoms with Gasteiger partial charge in [0.2, 0.25) is 5.91 Å². The number of hydrogen-bond donors (Lipinski definition) is 1. The van der Waals surface area contributed by atoms with Crippen LogP contribution in [0.1, 0.15) is 23.6 Å². The average Bonchev–Trinajstić information content (AvgIpc) is 2.98. The maximum atomic E-state index is 13.5. The topological polar surface area (TPSA) is 49.8 Å². The summed E-state index contributed by atoms with van der Waals surface area (Å²) in [4.78, 5) is 14.3. The lowest BCUT2D eigenvalue weighted by molar-refractivity contribution is -0.131. The van der Waals surface area contributed by atoms with E-state index in [-0.39, 0.29) is 30.7 Å². The molecule has 4 nitrogen and oxygen atoms in total. The lowest BCUT2D eigenvalue weighted by Crippen LogP contribution is -2.33. The van der Waals surface area contributed by atoms with E-state index in [1.54, 1.807) is 17.0 Å². The van der Waals surface area contributed by atoms with Gasteiger partial charge in [0.25, 0.3) is 0 Å². The minimum Gasteiger partial charge on any atom is -0.496 e. The number of nitrogens with zero attached hydrogens (tertiary/aromatic N) is 1. The van der Waals surface area contributed by atoms with Crippen LogP contribution in [-0.2, 0) is 11.2 Å². The Morgan fingerprint density at radius 3 is 2.56 bits per heavy atom. The van der Waals surface area contributed by atoms with Crippen LogP contribution in [0.15, 0.2) is 42.5 Å². The fraction of sp³-hybridized carbons (Fsp3) is 0.316. The van der Waals surface area contributed by atoms with Crippen molar-refractivity contribution < 1.29 is 23.4 Å². The number of carbonyl (C=O) groups is 1. The van der Waals surface area contributed by atoms with E-state index in [0.717, 1.165) is 5.56 Å². The molecule has 1 saturated heterocycles. The van der Waals surface area contributed by atoms with E-state index in [2.05, 4.69) is 0 Å². The van der Waals surface area contributed by atoms with E-state index in [9.17, 15) is 18.7 Å². The van der Waals surface area contributed by atoms with Crippen molar-refractivity contribution in [3.05, 3.63) is 65.2 Å². The molecule has 1 aliphatic rings. The third-order valence-corrected chi connectivity index (χ3v) is 4.44. The molecule has 1 heterocycles. The fourth-order valence-corrected chi connectivity index (χ4v) is 3.24. The Bertz CT molecular complexity index is 764. The summed E-state index contributed by atoms with van der Waals surface area (Å²) in [5, 5.41) is 9.99. The molecule has 0 aliphatic carbocycles. The van der Waals surface area contributed by atoms with Crippen LogP contribution in [0.4, 0.5) is 8.78 Å². The van der Waals surface area contributed by atoms with Crippen molar-refractivity contribution >= 4 is 5.91 Å². The van der Waals surface area contributed by atoms with Gasteiger partial charge >= 0.3 is 0 Å². The summed E-state index contributed by atoms with van der Waals surface area (Å²) in [5.74, 6) is -0.604. The van der Waals surface area contributed by atoms with Crippen LogP contribution in [0.5, 0.6) is 5.75 Å². The minimum absolute atomic E-state index is 0.0364. The molecule has 0 bridgehead atoms. The molecule has 0 radical (unpaired) electrons. The van der Waals surface area contributed by atoms with Gasteiger partial charge in [-0.3, -0.25) is 4.79 Å². The number of likely N-dealkylation sites (tertiary alicyclic amines) is 1. The first kappa shape index (κ1) is 17.4. The first-order chi connectivity index (χ1) is 12.0. The molecule has 1 fully saturated rings. The van der Waals surface area contributed by atoms with Gasteiger partial charge in [-0.15, -0.1) is 0 Å². The molecule has 25 heavy (non-hydrogen) atoms. The van der Waals surface area contributed by atoms with Crippen LogP contribution in [0.25, 0.3) is 0 Å². The summed E-state index contributed by atoms with van der Waals surface area (Å²) < 4.78 is 31.8. The lowest BCUT2D eigenvalue weighted by Gasteiger charge is -2.25. The van der Waals surface area contributed by atoms with Gasteiger partial charge in [0, 0.05) is 12.1 Å². The largest absolute Gasteiger partial charge is 0.496 e. The van der Waals surface area contributed by atoms with E-state index in [4.69, 9.17) is 4.74 Å². The van der Waals surface area contributed by atoms with Crippen LogP contribution in [0.2, 0.25) is 0 Å². The molecule has 2 aromatic carbocycles. The number of hydrogen-bond acceptors (Lipinski definition) is 3. The second-order valence-corrected chi connectivity index (χ2v) is 6.14. The number of aliphatic hydroxyl groups excluding tert-OH is 1. The molecule has 0 aromatic heterocycles. The fourth-order valence-electron chi connectivity index (χ4n) is 3.24. The van der Waals surface area contributed by atoms with Gasteiger partial charge in [-0.1, -0.05) is 12.1 Å². The van der Waals surface area contributed by atoms with Gasteiger partial charge in [0.15, 0.2) is 0 Å². The Morgan fingerprint density at radius 2 is 1.88 bits per heavy atom. The summed E-state index contributed by atoms with van der Waals surface area (Å²) >= 11 is 0. The molecule has 2 atom stereocenters. The van der Waals surface area contributed by atoms with E-state index < -0.39 is 11.9 Å². The lowest BCUT2D eigenvalue weighted by atomic mass is 10.0. The number of amides is 1. The summed E-state index contributed by atoms with van der Waals surface area (Å²) in [5.41, 5.74) is 1.21. The molecule has 2 aromatic rings. The Balaban J connectivity index is 1.82. The first-order valence-electron chi connectivity index (χ1n) is 8.03.